The Balaban J connectivity index is 2.18. The molecule has 2 aromatic carbocycles. The average Bonchev–Trinajstić information content (AvgIpc) is 2.42. The maximum atomic E-state index is 12.1. The van der Waals surface area contributed by atoms with Gasteiger partial charge >= 0.3 is 0 Å². The molecule has 0 aliphatic rings. The van der Waals surface area contributed by atoms with Crippen LogP contribution in [0.5, 0.6) is 0 Å². The molecule has 0 atom stereocenters. The van der Waals surface area contributed by atoms with E-state index in [1.54, 1.807) is 30.3 Å². The fraction of sp³-hybridized carbons (Fsp3) is 0.0714. The number of hydrogen-bond acceptors (Lipinski definition) is 2. The molecule has 98 valence electrons. The van der Waals surface area contributed by atoms with Crippen molar-refractivity contribution in [3.63, 3.8) is 0 Å². The van der Waals surface area contributed by atoms with Gasteiger partial charge in [0.1, 0.15) is 0 Å². The van der Waals surface area contributed by atoms with Gasteiger partial charge in [0.25, 0.3) is 5.91 Å². The summed E-state index contributed by atoms with van der Waals surface area (Å²) in [4.78, 5) is 12.1. The standard InChI is InChI=1S/C14H11Br2NO2/c15-10-3-6-13(16)12(7-10)14(19)17-11-4-1-9(8-18)2-5-11/h1-7,18H,8H2,(H,17,19). The number of carbonyl (C=O) groups excluding carboxylic acids is 1. The van der Waals surface area contributed by atoms with E-state index in [1.165, 1.54) is 0 Å². The summed E-state index contributed by atoms with van der Waals surface area (Å²) in [5.74, 6) is -0.190. The van der Waals surface area contributed by atoms with Crippen molar-refractivity contribution in [2.75, 3.05) is 5.32 Å². The zero-order chi connectivity index (χ0) is 13.8. The maximum Gasteiger partial charge on any atom is 0.256 e. The van der Waals surface area contributed by atoms with Crippen molar-refractivity contribution in [3.05, 3.63) is 62.5 Å². The Morgan fingerprint density at radius 3 is 2.42 bits per heavy atom. The molecule has 0 bridgehead atoms. The van der Waals surface area contributed by atoms with Crippen LogP contribution in [0.1, 0.15) is 15.9 Å². The zero-order valence-electron chi connectivity index (χ0n) is 9.86. The minimum Gasteiger partial charge on any atom is -0.392 e. The summed E-state index contributed by atoms with van der Waals surface area (Å²) in [5.41, 5.74) is 2.05. The smallest absolute Gasteiger partial charge is 0.256 e. The molecule has 0 aliphatic carbocycles. The number of nitrogens with one attached hydrogen (secondary N) is 1. The number of halogens is 2. The van der Waals surface area contributed by atoms with Gasteiger partial charge in [-0.05, 0) is 51.8 Å². The van der Waals surface area contributed by atoms with E-state index in [0.717, 1.165) is 14.5 Å². The van der Waals surface area contributed by atoms with E-state index >= 15 is 0 Å². The van der Waals surface area contributed by atoms with Gasteiger partial charge in [-0.15, -0.1) is 0 Å². The normalized spacial score (nSPS) is 10.3. The summed E-state index contributed by atoms with van der Waals surface area (Å²) >= 11 is 6.69. The van der Waals surface area contributed by atoms with Gasteiger partial charge in [0.15, 0.2) is 0 Å². The van der Waals surface area contributed by atoms with E-state index in [2.05, 4.69) is 37.2 Å². The van der Waals surface area contributed by atoms with Crippen molar-refractivity contribution >= 4 is 43.5 Å². The summed E-state index contributed by atoms with van der Waals surface area (Å²) in [6.07, 6.45) is 0. The Hall–Kier alpha value is -1.17. The molecule has 3 nitrogen and oxygen atoms in total. The van der Waals surface area contributed by atoms with Crippen molar-refractivity contribution in [2.45, 2.75) is 6.61 Å². The molecule has 19 heavy (non-hydrogen) atoms. The Morgan fingerprint density at radius 1 is 1.11 bits per heavy atom. The van der Waals surface area contributed by atoms with Crippen LogP contribution in [0.2, 0.25) is 0 Å². The van der Waals surface area contributed by atoms with E-state index in [0.29, 0.717) is 11.3 Å². The van der Waals surface area contributed by atoms with Crippen LogP contribution in [0.15, 0.2) is 51.4 Å². The van der Waals surface area contributed by atoms with Crippen LogP contribution in [0, 0.1) is 0 Å². The van der Waals surface area contributed by atoms with Crippen LogP contribution in [0.4, 0.5) is 5.69 Å². The Morgan fingerprint density at radius 2 is 1.79 bits per heavy atom. The molecule has 2 N–H and O–H groups in total. The number of carbonyl (C=O) groups is 1. The Labute approximate surface area is 127 Å². The first-order chi connectivity index (χ1) is 9.10. The lowest BCUT2D eigenvalue weighted by Gasteiger charge is -2.08. The van der Waals surface area contributed by atoms with Crippen LogP contribution in [0.25, 0.3) is 0 Å². The average molecular weight is 385 g/mol. The van der Waals surface area contributed by atoms with Gasteiger partial charge in [-0.1, -0.05) is 28.1 Å². The molecule has 1 amide bonds. The molecule has 5 heteroatoms. The lowest BCUT2D eigenvalue weighted by Crippen LogP contribution is -2.12. The van der Waals surface area contributed by atoms with E-state index in [9.17, 15) is 4.79 Å². The predicted octanol–water partition coefficient (Wildman–Crippen LogP) is 3.96. The molecule has 0 saturated carbocycles. The van der Waals surface area contributed by atoms with Crippen molar-refractivity contribution in [3.8, 4) is 0 Å². The van der Waals surface area contributed by atoms with Crippen LogP contribution >= 0.6 is 31.9 Å². The van der Waals surface area contributed by atoms with E-state index in [4.69, 9.17) is 5.11 Å². The van der Waals surface area contributed by atoms with Gasteiger partial charge in [0.2, 0.25) is 0 Å². The molecular formula is C14H11Br2NO2. The van der Waals surface area contributed by atoms with Crippen molar-refractivity contribution in [1.82, 2.24) is 0 Å². The van der Waals surface area contributed by atoms with Crippen molar-refractivity contribution in [1.29, 1.82) is 0 Å². The number of hydrogen-bond donors (Lipinski definition) is 2. The highest BCUT2D eigenvalue weighted by Gasteiger charge is 2.10. The largest absolute Gasteiger partial charge is 0.392 e. The molecule has 0 unspecified atom stereocenters. The predicted molar refractivity (Wildman–Crippen MR) is 82.2 cm³/mol. The third-order valence-corrected chi connectivity index (χ3v) is 3.75. The SMILES string of the molecule is O=C(Nc1ccc(CO)cc1)c1cc(Br)ccc1Br. The summed E-state index contributed by atoms with van der Waals surface area (Å²) in [6, 6.07) is 12.5. The second-order valence-electron chi connectivity index (χ2n) is 3.93. The van der Waals surface area contributed by atoms with E-state index in [1.807, 2.05) is 12.1 Å². The van der Waals surface area contributed by atoms with E-state index < -0.39 is 0 Å². The number of anilines is 1. The molecule has 0 fully saturated rings. The second-order valence-corrected chi connectivity index (χ2v) is 5.70. The van der Waals surface area contributed by atoms with Gasteiger partial charge < -0.3 is 10.4 Å². The quantitative estimate of drug-likeness (QED) is 0.841. The molecule has 2 aromatic rings. The lowest BCUT2D eigenvalue weighted by molar-refractivity contribution is 0.102. The summed E-state index contributed by atoms with van der Waals surface area (Å²) in [5, 5.41) is 11.8. The van der Waals surface area contributed by atoms with E-state index in [-0.39, 0.29) is 12.5 Å². The Bertz CT molecular complexity index is 597. The first-order valence-corrected chi connectivity index (χ1v) is 7.15. The highest BCUT2D eigenvalue weighted by molar-refractivity contribution is 9.11. The summed E-state index contributed by atoms with van der Waals surface area (Å²) < 4.78 is 1.58. The van der Waals surface area contributed by atoms with Crippen molar-refractivity contribution in [2.24, 2.45) is 0 Å². The monoisotopic (exact) mass is 383 g/mol. The number of aliphatic hydroxyl groups excluding tert-OH is 1. The van der Waals surface area contributed by atoms with Gasteiger partial charge in [-0.25, -0.2) is 0 Å². The third kappa shape index (κ3) is 3.65. The van der Waals surface area contributed by atoms with Crippen molar-refractivity contribution < 1.29 is 9.90 Å². The highest BCUT2D eigenvalue weighted by Crippen LogP contribution is 2.22. The molecule has 0 spiro atoms. The van der Waals surface area contributed by atoms with Crippen LogP contribution in [-0.4, -0.2) is 11.0 Å². The number of rotatable bonds is 3. The fourth-order valence-corrected chi connectivity index (χ4v) is 2.35. The second kappa shape index (κ2) is 6.32. The fourth-order valence-electron chi connectivity index (χ4n) is 1.56. The van der Waals surface area contributed by atoms with Gasteiger partial charge in [-0.3, -0.25) is 4.79 Å². The topological polar surface area (TPSA) is 49.3 Å². The van der Waals surface area contributed by atoms with Gasteiger partial charge in [0, 0.05) is 14.6 Å². The number of amides is 1. The molecular weight excluding hydrogens is 374 g/mol. The Kier molecular flexibility index (Phi) is 4.74. The number of aliphatic hydroxyl groups is 1. The van der Waals surface area contributed by atoms with Crippen LogP contribution < -0.4 is 5.32 Å². The number of benzene rings is 2. The lowest BCUT2D eigenvalue weighted by atomic mass is 10.2. The zero-order valence-corrected chi connectivity index (χ0v) is 13.0. The van der Waals surface area contributed by atoms with Crippen LogP contribution in [-0.2, 0) is 6.61 Å². The highest BCUT2D eigenvalue weighted by atomic mass is 79.9. The first kappa shape index (κ1) is 14.2. The summed E-state index contributed by atoms with van der Waals surface area (Å²) in [7, 11) is 0. The maximum absolute atomic E-state index is 12.1. The summed E-state index contributed by atoms with van der Waals surface area (Å²) in [6.45, 7) is -0.00853. The molecule has 0 aromatic heterocycles. The molecule has 0 aliphatic heterocycles. The third-order valence-electron chi connectivity index (χ3n) is 2.57. The van der Waals surface area contributed by atoms with Gasteiger partial charge in [-0.2, -0.15) is 0 Å². The van der Waals surface area contributed by atoms with Crippen LogP contribution in [0.3, 0.4) is 0 Å². The first-order valence-electron chi connectivity index (χ1n) is 5.56. The molecule has 0 saturated heterocycles. The minimum absolute atomic E-state index is 0.00853. The minimum atomic E-state index is -0.190. The molecule has 0 radical (unpaired) electrons. The molecule has 0 heterocycles. The molecule has 2 rings (SSSR count). The van der Waals surface area contributed by atoms with Gasteiger partial charge in [0.05, 0.1) is 12.2 Å².